The number of aromatic nitrogens is 2. The Morgan fingerprint density at radius 2 is 2.31 bits per heavy atom. The van der Waals surface area contributed by atoms with Crippen LogP contribution in [0.3, 0.4) is 0 Å². The van der Waals surface area contributed by atoms with Gasteiger partial charge in [0.1, 0.15) is 0 Å². The molecule has 0 bridgehead atoms. The quantitative estimate of drug-likeness (QED) is 0.578. The van der Waals surface area contributed by atoms with Crippen LogP contribution in [0.15, 0.2) is 12.1 Å². The number of hydrogen-bond donors (Lipinski definition) is 2. The summed E-state index contributed by atoms with van der Waals surface area (Å²) in [4.78, 5) is 0. The summed E-state index contributed by atoms with van der Waals surface area (Å²) in [5.74, 6) is 6.87. The Morgan fingerprint density at radius 1 is 1.50 bits per heavy atom. The largest absolute Gasteiger partial charge is 0.480 e. The number of methoxy groups -OCH3 is 1. The second-order valence-corrected chi connectivity index (χ2v) is 4.25. The van der Waals surface area contributed by atoms with Crippen LogP contribution in [0, 0.1) is 5.92 Å². The third-order valence-corrected chi connectivity index (χ3v) is 3.22. The number of nitrogens with two attached hydrogens (primary N) is 1. The van der Waals surface area contributed by atoms with Crippen molar-refractivity contribution < 1.29 is 4.74 Å². The standard InChI is InChI=1S/C11H18N4O/c1-16-11-6-5-9(14-15-11)10(13-12)7-8-3-2-4-8/h5-6,8,10,13H,2-4,7,12H2,1H3. The van der Waals surface area contributed by atoms with Gasteiger partial charge in [-0.15, -0.1) is 5.10 Å². The minimum absolute atomic E-state index is 0.101. The van der Waals surface area contributed by atoms with Crippen molar-refractivity contribution in [2.24, 2.45) is 11.8 Å². The van der Waals surface area contributed by atoms with Crippen molar-refractivity contribution in [2.75, 3.05) is 7.11 Å². The molecule has 1 saturated carbocycles. The Balaban J connectivity index is 2.00. The van der Waals surface area contributed by atoms with Gasteiger partial charge in [-0.1, -0.05) is 19.3 Å². The molecule has 1 atom stereocenters. The van der Waals surface area contributed by atoms with Crippen LogP contribution >= 0.6 is 0 Å². The zero-order chi connectivity index (χ0) is 11.4. The normalized spacial score (nSPS) is 17.9. The smallest absolute Gasteiger partial charge is 0.233 e. The summed E-state index contributed by atoms with van der Waals surface area (Å²) in [5, 5.41) is 8.06. The lowest BCUT2D eigenvalue weighted by molar-refractivity contribution is 0.259. The molecule has 2 rings (SSSR count). The molecular formula is C11H18N4O. The molecule has 1 aromatic heterocycles. The molecule has 0 spiro atoms. The topological polar surface area (TPSA) is 73.1 Å². The van der Waals surface area contributed by atoms with Gasteiger partial charge >= 0.3 is 0 Å². The van der Waals surface area contributed by atoms with Crippen LogP contribution in [0.4, 0.5) is 0 Å². The Morgan fingerprint density at radius 3 is 2.75 bits per heavy atom. The highest BCUT2D eigenvalue weighted by Crippen LogP contribution is 2.33. The van der Waals surface area contributed by atoms with Gasteiger partial charge in [0.2, 0.25) is 5.88 Å². The van der Waals surface area contributed by atoms with E-state index < -0.39 is 0 Å². The zero-order valence-corrected chi connectivity index (χ0v) is 9.52. The average Bonchev–Trinajstić information content (AvgIpc) is 2.28. The summed E-state index contributed by atoms with van der Waals surface area (Å²) >= 11 is 0. The molecule has 0 amide bonds. The zero-order valence-electron chi connectivity index (χ0n) is 9.52. The maximum absolute atomic E-state index is 5.55. The van der Waals surface area contributed by atoms with Crippen molar-refractivity contribution in [3.63, 3.8) is 0 Å². The predicted octanol–water partition coefficient (Wildman–Crippen LogP) is 1.18. The second-order valence-electron chi connectivity index (χ2n) is 4.25. The van der Waals surface area contributed by atoms with E-state index in [0.29, 0.717) is 5.88 Å². The third kappa shape index (κ3) is 2.48. The van der Waals surface area contributed by atoms with E-state index in [1.165, 1.54) is 19.3 Å². The Bertz CT molecular complexity index is 323. The number of ether oxygens (including phenoxy) is 1. The first kappa shape index (κ1) is 11.3. The third-order valence-electron chi connectivity index (χ3n) is 3.22. The summed E-state index contributed by atoms with van der Waals surface area (Å²) in [6.45, 7) is 0. The molecule has 1 aliphatic rings. The average molecular weight is 222 g/mol. The van der Waals surface area contributed by atoms with Crippen LogP contribution < -0.4 is 16.0 Å². The van der Waals surface area contributed by atoms with E-state index in [-0.39, 0.29) is 6.04 Å². The molecule has 1 aliphatic carbocycles. The minimum atomic E-state index is 0.101. The van der Waals surface area contributed by atoms with Crippen molar-refractivity contribution in [2.45, 2.75) is 31.7 Å². The molecule has 0 aromatic carbocycles. The lowest BCUT2D eigenvalue weighted by Crippen LogP contribution is -2.31. The second kappa shape index (κ2) is 5.23. The highest BCUT2D eigenvalue weighted by atomic mass is 16.5. The van der Waals surface area contributed by atoms with Gasteiger partial charge in [-0.2, -0.15) is 5.10 Å². The van der Waals surface area contributed by atoms with Crippen LogP contribution in [0.25, 0.3) is 0 Å². The van der Waals surface area contributed by atoms with Crippen molar-refractivity contribution >= 4 is 0 Å². The van der Waals surface area contributed by atoms with Crippen molar-refractivity contribution in [3.05, 3.63) is 17.8 Å². The van der Waals surface area contributed by atoms with E-state index in [1.54, 1.807) is 7.11 Å². The molecule has 0 aliphatic heterocycles. The number of nitrogens with zero attached hydrogens (tertiary/aromatic N) is 2. The number of rotatable bonds is 5. The summed E-state index contributed by atoms with van der Waals surface area (Å²) in [5.41, 5.74) is 3.70. The van der Waals surface area contributed by atoms with Gasteiger partial charge in [-0.3, -0.25) is 11.3 Å². The first-order valence-electron chi connectivity index (χ1n) is 5.67. The maximum atomic E-state index is 5.55. The molecule has 1 aromatic rings. The molecular weight excluding hydrogens is 204 g/mol. The van der Waals surface area contributed by atoms with Crippen molar-refractivity contribution in [1.82, 2.24) is 15.6 Å². The van der Waals surface area contributed by atoms with Gasteiger partial charge in [0.05, 0.1) is 18.8 Å². The fourth-order valence-corrected chi connectivity index (χ4v) is 1.96. The fourth-order valence-electron chi connectivity index (χ4n) is 1.96. The van der Waals surface area contributed by atoms with Crippen LogP contribution in [-0.2, 0) is 0 Å². The van der Waals surface area contributed by atoms with Gasteiger partial charge < -0.3 is 4.74 Å². The molecule has 1 fully saturated rings. The van der Waals surface area contributed by atoms with E-state index in [1.807, 2.05) is 12.1 Å². The molecule has 0 saturated heterocycles. The predicted molar refractivity (Wildman–Crippen MR) is 60.6 cm³/mol. The first-order valence-corrected chi connectivity index (χ1v) is 5.67. The van der Waals surface area contributed by atoms with Gasteiger partial charge in [0.15, 0.2) is 0 Å². The molecule has 1 unspecified atom stereocenters. The van der Waals surface area contributed by atoms with E-state index in [9.17, 15) is 0 Å². The lowest BCUT2D eigenvalue weighted by Gasteiger charge is -2.28. The van der Waals surface area contributed by atoms with Gasteiger partial charge in [0.25, 0.3) is 0 Å². The molecule has 16 heavy (non-hydrogen) atoms. The van der Waals surface area contributed by atoms with Crippen LogP contribution in [-0.4, -0.2) is 17.3 Å². The van der Waals surface area contributed by atoms with Gasteiger partial charge in [-0.05, 0) is 18.4 Å². The molecule has 88 valence electrons. The Kier molecular flexibility index (Phi) is 3.69. The van der Waals surface area contributed by atoms with E-state index in [0.717, 1.165) is 18.0 Å². The van der Waals surface area contributed by atoms with E-state index in [4.69, 9.17) is 10.6 Å². The maximum Gasteiger partial charge on any atom is 0.233 e. The number of nitrogens with one attached hydrogen (secondary N) is 1. The molecule has 1 heterocycles. The first-order chi connectivity index (χ1) is 7.83. The van der Waals surface area contributed by atoms with E-state index in [2.05, 4.69) is 15.6 Å². The molecule has 5 heteroatoms. The van der Waals surface area contributed by atoms with Crippen molar-refractivity contribution in [1.29, 1.82) is 0 Å². The van der Waals surface area contributed by atoms with Gasteiger partial charge in [0, 0.05) is 6.07 Å². The summed E-state index contributed by atoms with van der Waals surface area (Å²) < 4.78 is 4.97. The fraction of sp³-hybridized carbons (Fsp3) is 0.636. The van der Waals surface area contributed by atoms with Crippen molar-refractivity contribution in [3.8, 4) is 5.88 Å². The molecule has 5 nitrogen and oxygen atoms in total. The number of hydrazine groups is 1. The SMILES string of the molecule is COc1ccc(C(CC2CCC2)NN)nn1. The summed E-state index contributed by atoms with van der Waals surface area (Å²) in [7, 11) is 1.58. The van der Waals surface area contributed by atoms with Crippen LogP contribution in [0.5, 0.6) is 5.88 Å². The monoisotopic (exact) mass is 222 g/mol. The molecule has 3 N–H and O–H groups in total. The molecule has 0 radical (unpaired) electrons. The van der Waals surface area contributed by atoms with Gasteiger partial charge in [-0.25, -0.2) is 0 Å². The van der Waals surface area contributed by atoms with Crippen LogP contribution in [0.2, 0.25) is 0 Å². The summed E-state index contributed by atoms with van der Waals surface area (Å²) in [6, 6.07) is 3.83. The Hall–Kier alpha value is -1.20. The highest BCUT2D eigenvalue weighted by Gasteiger charge is 2.23. The summed E-state index contributed by atoms with van der Waals surface area (Å²) in [6.07, 6.45) is 5.00. The highest BCUT2D eigenvalue weighted by molar-refractivity contribution is 5.14. The number of hydrogen-bond acceptors (Lipinski definition) is 5. The Labute approximate surface area is 95.4 Å². The van der Waals surface area contributed by atoms with Crippen LogP contribution in [0.1, 0.15) is 37.4 Å². The van der Waals surface area contributed by atoms with E-state index >= 15 is 0 Å². The lowest BCUT2D eigenvalue weighted by atomic mass is 9.80. The minimum Gasteiger partial charge on any atom is -0.480 e.